The van der Waals surface area contributed by atoms with E-state index in [4.69, 9.17) is 23.6 Å². The minimum Gasteiger partial charge on any atom is -0.543 e. The Bertz CT molecular complexity index is 958. The van der Waals surface area contributed by atoms with Crippen LogP contribution in [0.1, 0.15) is 67.5 Å². The van der Waals surface area contributed by atoms with Crippen molar-refractivity contribution in [1.82, 2.24) is 9.78 Å². The Kier molecular flexibility index (Phi) is 5.40. The summed E-state index contributed by atoms with van der Waals surface area (Å²) in [4.78, 5) is 0. The predicted octanol–water partition coefficient (Wildman–Crippen LogP) is 5.03. The summed E-state index contributed by atoms with van der Waals surface area (Å²) in [5.74, 6) is 0.878. The normalized spacial score (nSPS) is 23.6. The van der Waals surface area contributed by atoms with Crippen molar-refractivity contribution in [3.8, 4) is 5.75 Å². The van der Waals surface area contributed by atoms with Crippen LogP contribution < -0.4 is 10.0 Å². The minimum atomic E-state index is -1.96. The highest BCUT2D eigenvalue weighted by Gasteiger charge is 2.53. The monoisotopic (exact) mass is 444 g/mol. The number of hydrogen-bond acceptors (Lipinski definition) is 5. The molecular formula is C23H37BN2O4Si. The number of nitrogens with zero attached hydrogens (tertiary/aromatic N) is 2. The second kappa shape index (κ2) is 7.33. The van der Waals surface area contributed by atoms with E-state index in [1.54, 1.807) is 0 Å². The Balaban J connectivity index is 1.79. The van der Waals surface area contributed by atoms with Crippen molar-refractivity contribution >= 4 is 31.9 Å². The molecule has 31 heavy (non-hydrogen) atoms. The molecule has 1 atom stereocenters. The Labute approximate surface area is 187 Å². The third-order valence-corrected chi connectivity index (χ3v) is 11.9. The molecule has 2 aliphatic rings. The first kappa shape index (κ1) is 22.8. The Morgan fingerprint density at radius 1 is 1.13 bits per heavy atom. The van der Waals surface area contributed by atoms with Crippen LogP contribution in [0.15, 0.2) is 18.2 Å². The van der Waals surface area contributed by atoms with E-state index in [2.05, 4.69) is 79.8 Å². The van der Waals surface area contributed by atoms with Gasteiger partial charge in [0.2, 0.25) is 8.32 Å². The molecule has 1 aromatic carbocycles. The first-order valence-electron chi connectivity index (χ1n) is 11.4. The number of fused-ring (bicyclic) bond motifs is 1. The summed E-state index contributed by atoms with van der Waals surface area (Å²) in [5, 5.41) is 6.10. The molecule has 0 N–H and O–H groups in total. The van der Waals surface area contributed by atoms with Crippen LogP contribution in [-0.4, -0.2) is 43.0 Å². The summed E-state index contributed by atoms with van der Waals surface area (Å²) < 4.78 is 27.3. The summed E-state index contributed by atoms with van der Waals surface area (Å²) in [6.07, 6.45) is 1.96. The number of benzene rings is 1. The SMILES string of the molecule is CC1(C)OB(c2nn(C3CCCO3)c3ccc(O[Si](C)(C)C(C)(C)C)cc23)OC1(C)C. The minimum absolute atomic E-state index is 0.0502. The number of rotatable bonds is 4. The van der Waals surface area contributed by atoms with Crippen molar-refractivity contribution in [1.29, 1.82) is 0 Å². The average Bonchev–Trinajstić information content (AvgIpc) is 3.30. The second-order valence-corrected chi connectivity index (χ2v) is 16.2. The molecule has 6 nitrogen and oxygen atoms in total. The zero-order valence-electron chi connectivity index (χ0n) is 20.5. The third-order valence-electron chi connectivity index (χ3n) is 7.54. The van der Waals surface area contributed by atoms with Crippen molar-refractivity contribution in [3.63, 3.8) is 0 Å². The van der Waals surface area contributed by atoms with Crippen molar-refractivity contribution < 1.29 is 18.5 Å². The van der Waals surface area contributed by atoms with Crippen LogP contribution in [0.2, 0.25) is 18.1 Å². The van der Waals surface area contributed by atoms with E-state index < -0.39 is 26.6 Å². The molecule has 0 amide bonds. The van der Waals surface area contributed by atoms with Gasteiger partial charge in [0.05, 0.1) is 16.7 Å². The predicted molar refractivity (Wildman–Crippen MR) is 127 cm³/mol. The molecule has 0 bridgehead atoms. The maximum Gasteiger partial charge on any atom is 0.517 e. The number of aromatic nitrogens is 2. The maximum absolute atomic E-state index is 6.60. The summed E-state index contributed by atoms with van der Waals surface area (Å²) in [6, 6.07) is 6.26. The van der Waals surface area contributed by atoms with Gasteiger partial charge in [-0.3, -0.25) is 0 Å². The molecule has 170 valence electrons. The van der Waals surface area contributed by atoms with E-state index in [1.807, 2.05) is 4.68 Å². The van der Waals surface area contributed by atoms with Gasteiger partial charge in [-0.05, 0) is 76.9 Å². The van der Waals surface area contributed by atoms with Crippen LogP contribution >= 0.6 is 0 Å². The van der Waals surface area contributed by atoms with Gasteiger partial charge in [-0.1, -0.05) is 20.8 Å². The van der Waals surface area contributed by atoms with Crippen molar-refractivity contribution in [3.05, 3.63) is 18.2 Å². The van der Waals surface area contributed by atoms with Crippen molar-refractivity contribution in [2.45, 2.75) is 96.9 Å². The van der Waals surface area contributed by atoms with Gasteiger partial charge >= 0.3 is 7.12 Å². The molecule has 3 heterocycles. The highest BCUT2D eigenvalue weighted by atomic mass is 28.4. The van der Waals surface area contributed by atoms with E-state index in [-0.39, 0.29) is 11.3 Å². The molecule has 4 rings (SSSR count). The first-order valence-corrected chi connectivity index (χ1v) is 14.3. The molecule has 8 heteroatoms. The number of ether oxygens (including phenoxy) is 1. The van der Waals surface area contributed by atoms with Crippen LogP contribution in [0.25, 0.3) is 10.9 Å². The lowest BCUT2D eigenvalue weighted by atomic mass is 9.82. The smallest absolute Gasteiger partial charge is 0.517 e. The Hall–Kier alpha value is -1.35. The highest BCUT2D eigenvalue weighted by molar-refractivity contribution is 6.74. The van der Waals surface area contributed by atoms with Gasteiger partial charge < -0.3 is 18.5 Å². The lowest BCUT2D eigenvalue weighted by Crippen LogP contribution is -2.43. The maximum atomic E-state index is 6.60. The second-order valence-electron chi connectivity index (χ2n) is 11.4. The molecule has 2 fully saturated rings. The van der Waals surface area contributed by atoms with Gasteiger partial charge in [-0.2, -0.15) is 5.10 Å². The fourth-order valence-electron chi connectivity index (χ4n) is 3.76. The van der Waals surface area contributed by atoms with E-state index in [9.17, 15) is 0 Å². The van der Waals surface area contributed by atoms with Gasteiger partial charge in [0, 0.05) is 12.0 Å². The van der Waals surface area contributed by atoms with E-state index in [0.717, 1.165) is 41.7 Å². The van der Waals surface area contributed by atoms with Crippen LogP contribution in [0.5, 0.6) is 5.75 Å². The van der Waals surface area contributed by atoms with E-state index in [1.165, 1.54) is 0 Å². The van der Waals surface area contributed by atoms with Crippen LogP contribution in [-0.2, 0) is 14.0 Å². The van der Waals surface area contributed by atoms with Gasteiger partial charge in [0.25, 0.3) is 0 Å². The summed E-state index contributed by atoms with van der Waals surface area (Å²) in [5.41, 5.74) is 0.976. The van der Waals surface area contributed by atoms with Crippen molar-refractivity contribution in [2.75, 3.05) is 6.61 Å². The molecule has 0 aliphatic carbocycles. The third kappa shape index (κ3) is 3.96. The van der Waals surface area contributed by atoms with Gasteiger partial charge in [-0.15, -0.1) is 0 Å². The zero-order chi connectivity index (χ0) is 22.8. The Morgan fingerprint density at radius 2 is 1.77 bits per heavy atom. The van der Waals surface area contributed by atoms with Gasteiger partial charge in [0.1, 0.15) is 11.3 Å². The fourth-order valence-corrected chi connectivity index (χ4v) is 4.78. The summed E-state index contributed by atoms with van der Waals surface area (Å²) in [7, 11) is -2.49. The molecule has 2 aliphatic heterocycles. The largest absolute Gasteiger partial charge is 0.543 e. The molecule has 2 aromatic rings. The summed E-state index contributed by atoms with van der Waals surface area (Å²) in [6.45, 7) is 20.3. The Morgan fingerprint density at radius 3 is 2.32 bits per heavy atom. The quantitative estimate of drug-likeness (QED) is 0.620. The highest BCUT2D eigenvalue weighted by Crippen LogP contribution is 2.40. The molecule has 0 radical (unpaired) electrons. The van der Waals surface area contributed by atoms with Gasteiger partial charge in [-0.25, -0.2) is 4.68 Å². The molecule has 0 spiro atoms. The lowest BCUT2D eigenvalue weighted by Gasteiger charge is -2.36. The number of hydrogen-bond donors (Lipinski definition) is 0. The molecule has 0 saturated carbocycles. The van der Waals surface area contributed by atoms with E-state index in [0.29, 0.717) is 0 Å². The summed E-state index contributed by atoms with van der Waals surface area (Å²) >= 11 is 0. The topological polar surface area (TPSA) is 54.7 Å². The fraction of sp³-hybridized carbons (Fsp3) is 0.696. The van der Waals surface area contributed by atoms with Crippen LogP contribution in [0.3, 0.4) is 0 Å². The molecule has 1 unspecified atom stereocenters. The average molecular weight is 444 g/mol. The molecule has 1 aromatic heterocycles. The van der Waals surface area contributed by atoms with Gasteiger partial charge in [0.15, 0.2) is 6.23 Å². The molecule has 2 saturated heterocycles. The lowest BCUT2D eigenvalue weighted by molar-refractivity contribution is 0.00578. The van der Waals surface area contributed by atoms with E-state index >= 15 is 0 Å². The first-order chi connectivity index (χ1) is 14.2. The van der Waals surface area contributed by atoms with Crippen LogP contribution in [0, 0.1) is 0 Å². The molecular weight excluding hydrogens is 407 g/mol. The standard InChI is InChI=1S/C23H37BN2O4Si/c1-21(2,3)31(8,9)28-16-12-13-18-17(15-16)20(25-26(18)19-11-10-14-27-19)24-29-22(4,5)23(6,7)30-24/h12-13,15,19H,10-11,14H2,1-9H3. The zero-order valence-corrected chi connectivity index (χ0v) is 21.5. The van der Waals surface area contributed by atoms with Crippen molar-refractivity contribution in [2.24, 2.45) is 0 Å². The van der Waals surface area contributed by atoms with Crippen LogP contribution in [0.4, 0.5) is 0 Å².